The summed E-state index contributed by atoms with van der Waals surface area (Å²) in [5.74, 6) is 0.0552. The Morgan fingerprint density at radius 2 is 2.06 bits per heavy atom. The van der Waals surface area contributed by atoms with Gasteiger partial charge in [0.25, 0.3) is 0 Å². The summed E-state index contributed by atoms with van der Waals surface area (Å²) in [4.78, 5) is 14.5. The molecule has 16 heavy (non-hydrogen) atoms. The van der Waals surface area contributed by atoms with Crippen LogP contribution >= 0.6 is 22.9 Å². The summed E-state index contributed by atoms with van der Waals surface area (Å²) >= 11 is 6.67. The van der Waals surface area contributed by atoms with Crippen LogP contribution in [0.2, 0.25) is 0 Å². The zero-order chi connectivity index (χ0) is 11.5. The number of nitrogens with zero attached hydrogens (tertiary/aromatic N) is 2. The summed E-state index contributed by atoms with van der Waals surface area (Å²) in [5, 5.41) is 11.4. The van der Waals surface area contributed by atoms with E-state index < -0.39 is 4.92 Å². The first kappa shape index (κ1) is 11.0. The monoisotopic (exact) mass is 254 g/mol. The number of hydrogen-bond donors (Lipinski definition) is 0. The molecule has 0 unspecified atom stereocenters. The molecule has 0 spiro atoms. The predicted octanol–water partition coefficient (Wildman–Crippen LogP) is 3.46. The third-order valence-electron chi connectivity index (χ3n) is 1.99. The summed E-state index contributed by atoms with van der Waals surface area (Å²) in [6.07, 6.45) is 0. The molecule has 1 aromatic carbocycles. The quantitative estimate of drug-likeness (QED) is 0.479. The van der Waals surface area contributed by atoms with Crippen molar-refractivity contribution in [3.8, 4) is 10.6 Å². The Labute approximate surface area is 101 Å². The highest BCUT2D eigenvalue weighted by molar-refractivity contribution is 7.18. The topological polar surface area (TPSA) is 56.0 Å². The van der Waals surface area contributed by atoms with E-state index in [-0.39, 0.29) is 10.9 Å². The number of alkyl halides is 1. The average molecular weight is 255 g/mol. The maximum atomic E-state index is 10.7. The number of aromatic nitrogens is 1. The lowest BCUT2D eigenvalue weighted by Gasteiger charge is -1.92. The van der Waals surface area contributed by atoms with E-state index in [1.807, 2.05) is 30.3 Å². The van der Waals surface area contributed by atoms with Gasteiger partial charge in [0.2, 0.25) is 0 Å². The largest absolute Gasteiger partial charge is 0.348 e. The Kier molecular flexibility index (Phi) is 3.17. The lowest BCUT2D eigenvalue weighted by Crippen LogP contribution is -1.88. The Bertz CT molecular complexity index is 513. The molecule has 6 heteroatoms. The SMILES string of the molecule is O=[N+]([O-])c1sc(-c2ccccc2)nc1CCl. The lowest BCUT2D eigenvalue weighted by molar-refractivity contribution is -0.381. The van der Waals surface area contributed by atoms with Crippen LogP contribution in [-0.2, 0) is 5.88 Å². The molecule has 0 aliphatic carbocycles. The second-order valence-electron chi connectivity index (χ2n) is 3.03. The first-order chi connectivity index (χ1) is 7.72. The molecule has 0 fully saturated rings. The van der Waals surface area contributed by atoms with Crippen LogP contribution in [0.25, 0.3) is 10.6 Å². The van der Waals surface area contributed by atoms with Gasteiger partial charge in [-0.25, -0.2) is 4.98 Å². The van der Waals surface area contributed by atoms with Gasteiger partial charge in [-0.2, -0.15) is 0 Å². The van der Waals surface area contributed by atoms with Gasteiger partial charge in [-0.3, -0.25) is 10.1 Å². The highest BCUT2D eigenvalue weighted by atomic mass is 35.5. The van der Waals surface area contributed by atoms with Gasteiger partial charge in [-0.15, -0.1) is 11.6 Å². The summed E-state index contributed by atoms with van der Waals surface area (Å²) in [5.41, 5.74) is 1.20. The number of thiazole rings is 1. The van der Waals surface area contributed by atoms with Crippen molar-refractivity contribution < 1.29 is 4.92 Å². The van der Waals surface area contributed by atoms with Crippen LogP contribution in [0.1, 0.15) is 5.69 Å². The standard InChI is InChI=1S/C10H7ClN2O2S/c11-6-8-10(13(14)15)16-9(12-8)7-4-2-1-3-5-7/h1-5H,6H2. The molecule has 1 heterocycles. The van der Waals surface area contributed by atoms with E-state index in [2.05, 4.69) is 4.98 Å². The van der Waals surface area contributed by atoms with Crippen molar-refractivity contribution in [2.24, 2.45) is 0 Å². The second kappa shape index (κ2) is 4.59. The molecule has 0 aliphatic rings. The summed E-state index contributed by atoms with van der Waals surface area (Å²) in [6, 6.07) is 9.33. The Morgan fingerprint density at radius 3 is 2.56 bits per heavy atom. The molecule has 2 aromatic rings. The zero-order valence-corrected chi connectivity index (χ0v) is 9.66. The molecule has 1 aromatic heterocycles. The number of hydrogen-bond acceptors (Lipinski definition) is 4. The van der Waals surface area contributed by atoms with Crippen molar-refractivity contribution >= 4 is 27.9 Å². The van der Waals surface area contributed by atoms with Gasteiger partial charge in [0.1, 0.15) is 10.7 Å². The summed E-state index contributed by atoms with van der Waals surface area (Å²) in [6.45, 7) is 0. The van der Waals surface area contributed by atoms with E-state index in [9.17, 15) is 10.1 Å². The van der Waals surface area contributed by atoms with Crippen LogP contribution in [0.15, 0.2) is 30.3 Å². The highest BCUT2D eigenvalue weighted by Crippen LogP contribution is 2.34. The molecule has 0 saturated heterocycles. The molecule has 0 radical (unpaired) electrons. The van der Waals surface area contributed by atoms with E-state index in [1.54, 1.807) is 0 Å². The van der Waals surface area contributed by atoms with E-state index in [4.69, 9.17) is 11.6 Å². The summed E-state index contributed by atoms with van der Waals surface area (Å²) < 4.78 is 0. The number of halogens is 1. The molecule has 2 rings (SSSR count). The molecule has 4 nitrogen and oxygen atoms in total. The van der Waals surface area contributed by atoms with Crippen LogP contribution in [0.3, 0.4) is 0 Å². The molecular weight excluding hydrogens is 248 g/mol. The Morgan fingerprint density at radius 1 is 1.38 bits per heavy atom. The molecule has 82 valence electrons. The van der Waals surface area contributed by atoms with Gasteiger partial charge >= 0.3 is 5.00 Å². The number of nitro groups is 1. The van der Waals surface area contributed by atoms with Crippen molar-refractivity contribution in [2.75, 3.05) is 0 Å². The van der Waals surface area contributed by atoms with Crippen molar-refractivity contribution in [1.82, 2.24) is 4.98 Å². The molecule has 0 N–H and O–H groups in total. The molecule has 0 atom stereocenters. The lowest BCUT2D eigenvalue weighted by atomic mass is 10.2. The number of rotatable bonds is 3. The number of benzene rings is 1. The van der Waals surface area contributed by atoms with E-state index in [1.165, 1.54) is 0 Å². The van der Waals surface area contributed by atoms with Crippen molar-refractivity contribution in [3.63, 3.8) is 0 Å². The minimum absolute atomic E-state index is 0.0221. The Hall–Kier alpha value is -1.46. The second-order valence-corrected chi connectivity index (χ2v) is 4.27. The van der Waals surface area contributed by atoms with Gasteiger partial charge in [0, 0.05) is 5.56 Å². The van der Waals surface area contributed by atoms with Gasteiger partial charge in [-0.1, -0.05) is 30.3 Å². The van der Waals surface area contributed by atoms with Crippen LogP contribution in [0.4, 0.5) is 5.00 Å². The molecule has 0 bridgehead atoms. The minimum atomic E-state index is -0.443. The van der Waals surface area contributed by atoms with Gasteiger partial charge < -0.3 is 0 Å². The molecular formula is C10H7ClN2O2S. The van der Waals surface area contributed by atoms with Crippen molar-refractivity contribution in [1.29, 1.82) is 0 Å². The first-order valence-corrected chi connectivity index (χ1v) is 5.83. The van der Waals surface area contributed by atoms with E-state index in [0.717, 1.165) is 16.9 Å². The molecule has 0 aliphatic heterocycles. The molecule has 0 amide bonds. The normalized spacial score (nSPS) is 10.3. The molecule has 0 saturated carbocycles. The fraction of sp³-hybridized carbons (Fsp3) is 0.100. The smallest absolute Gasteiger partial charge is 0.257 e. The van der Waals surface area contributed by atoms with Crippen LogP contribution in [0.5, 0.6) is 0 Å². The maximum absolute atomic E-state index is 10.7. The first-order valence-electron chi connectivity index (χ1n) is 4.48. The maximum Gasteiger partial charge on any atom is 0.348 e. The van der Waals surface area contributed by atoms with E-state index >= 15 is 0 Å². The average Bonchev–Trinajstić information content (AvgIpc) is 2.74. The Balaban J connectivity index is 2.48. The van der Waals surface area contributed by atoms with Gasteiger partial charge in [0.15, 0.2) is 0 Å². The fourth-order valence-electron chi connectivity index (χ4n) is 1.28. The predicted molar refractivity (Wildman–Crippen MR) is 63.8 cm³/mol. The van der Waals surface area contributed by atoms with Crippen molar-refractivity contribution in [3.05, 3.63) is 46.1 Å². The fourth-order valence-corrected chi connectivity index (χ4v) is 2.45. The van der Waals surface area contributed by atoms with Crippen LogP contribution in [-0.4, -0.2) is 9.91 Å². The van der Waals surface area contributed by atoms with Crippen LogP contribution in [0, 0.1) is 10.1 Å². The summed E-state index contributed by atoms with van der Waals surface area (Å²) in [7, 11) is 0. The minimum Gasteiger partial charge on any atom is -0.257 e. The third-order valence-corrected chi connectivity index (χ3v) is 3.34. The van der Waals surface area contributed by atoms with Crippen molar-refractivity contribution in [2.45, 2.75) is 5.88 Å². The highest BCUT2D eigenvalue weighted by Gasteiger charge is 2.20. The van der Waals surface area contributed by atoms with Crippen LogP contribution < -0.4 is 0 Å². The zero-order valence-electron chi connectivity index (χ0n) is 8.09. The third kappa shape index (κ3) is 2.05. The van der Waals surface area contributed by atoms with Gasteiger partial charge in [-0.05, 0) is 11.3 Å². The van der Waals surface area contributed by atoms with Gasteiger partial charge in [0.05, 0.1) is 10.8 Å². The van der Waals surface area contributed by atoms with E-state index in [0.29, 0.717) is 10.7 Å².